The van der Waals surface area contributed by atoms with Crippen molar-refractivity contribution in [2.45, 2.75) is 4.90 Å². The molecule has 3 aromatic rings. The van der Waals surface area contributed by atoms with Crippen molar-refractivity contribution < 1.29 is 27.4 Å². The Labute approximate surface area is 202 Å². The quantitative estimate of drug-likeness (QED) is 0.337. The Kier molecular flexibility index (Phi) is 7.98. The first kappa shape index (κ1) is 24.9. The van der Waals surface area contributed by atoms with Crippen molar-refractivity contribution in [1.29, 1.82) is 0 Å². The van der Waals surface area contributed by atoms with Gasteiger partial charge in [-0.05, 0) is 60.7 Å². The van der Waals surface area contributed by atoms with Crippen LogP contribution in [0.4, 0.5) is 5.69 Å². The second-order valence-corrected chi connectivity index (χ2v) is 8.88. The van der Waals surface area contributed by atoms with Gasteiger partial charge in [-0.1, -0.05) is 11.6 Å². The maximum Gasteiger partial charge on any atom is 0.271 e. The lowest BCUT2D eigenvalue weighted by Gasteiger charge is -2.13. The number of carbonyl (C=O) groups is 1. The normalized spacial score (nSPS) is 11.2. The zero-order chi connectivity index (χ0) is 24.7. The Morgan fingerprint density at radius 1 is 0.882 bits per heavy atom. The van der Waals surface area contributed by atoms with Gasteiger partial charge in [-0.15, -0.1) is 0 Å². The Morgan fingerprint density at radius 3 is 2.12 bits per heavy atom. The summed E-state index contributed by atoms with van der Waals surface area (Å²) in [5.41, 5.74) is 3.56. The molecule has 178 valence electrons. The van der Waals surface area contributed by atoms with Gasteiger partial charge >= 0.3 is 0 Å². The van der Waals surface area contributed by atoms with E-state index in [4.69, 9.17) is 25.8 Å². The minimum Gasteiger partial charge on any atom is -0.493 e. The van der Waals surface area contributed by atoms with Crippen LogP contribution in [0.2, 0.25) is 5.02 Å². The highest BCUT2D eigenvalue weighted by Crippen LogP contribution is 2.38. The minimum absolute atomic E-state index is 0.0682. The number of hydrogen-bond donors (Lipinski definition) is 2. The van der Waals surface area contributed by atoms with Crippen molar-refractivity contribution >= 4 is 39.4 Å². The minimum atomic E-state index is -3.79. The number of benzene rings is 3. The van der Waals surface area contributed by atoms with Crippen LogP contribution in [-0.4, -0.2) is 41.9 Å². The molecular weight excluding hydrogens is 482 g/mol. The van der Waals surface area contributed by atoms with Gasteiger partial charge in [0.25, 0.3) is 15.9 Å². The molecule has 1 amide bonds. The number of ether oxygens (including phenoxy) is 3. The number of halogens is 1. The topological polar surface area (TPSA) is 115 Å². The molecule has 34 heavy (non-hydrogen) atoms. The first-order valence-electron chi connectivity index (χ1n) is 9.80. The number of hydrogen-bond acceptors (Lipinski definition) is 7. The Balaban J connectivity index is 1.67. The number of nitrogens with zero attached hydrogens (tertiary/aromatic N) is 1. The molecule has 0 atom stereocenters. The number of sulfonamides is 1. The van der Waals surface area contributed by atoms with Gasteiger partial charge in [-0.25, -0.2) is 13.8 Å². The summed E-state index contributed by atoms with van der Waals surface area (Å²) in [6.07, 6.45) is 1.41. The van der Waals surface area contributed by atoms with Gasteiger partial charge in [0.1, 0.15) is 0 Å². The summed E-state index contributed by atoms with van der Waals surface area (Å²) < 4.78 is 43.3. The Hall–Kier alpha value is -3.76. The lowest BCUT2D eigenvalue weighted by Crippen LogP contribution is -2.18. The Bertz CT molecular complexity index is 1290. The lowest BCUT2D eigenvalue weighted by molar-refractivity contribution is 0.0955. The summed E-state index contributed by atoms with van der Waals surface area (Å²) in [6.45, 7) is 0. The van der Waals surface area contributed by atoms with E-state index in [1.807, 2.05) is 0 Å². The molecule has 9 nitrogen and oxygen atoms in total. The fourth-order valence-electron chi connectivity index (χ4n) is 2.97. The van der Waals surface area contributed by atoms with Gasteiger partial charge in [0.05, 0.1) is 32.4 Å². The highest BCUT2D eigenvalue weighted by Gasteiger charge is 2.16. The maximum atomic E-state index is 12.5. The zero-order valence-electron chi connectivity index (χ0n) is 18.5. The molecule has 0 aliphatic rings. The predicted molar refractivity (Wildman–Crippen MR) is 130 cm³/mol. The molecule has 3 rings (SSSR count). The smallest absolute Gasteiger partial charge is 0.271 e. The van der Waals surface area contributed by atoms with Gasteiger partial charge in [0.15, 0.2) is 11.5 Å². The number of carbonyl (C=O) groups excluding carboxylic acids is 1. The van der Waals surface area contributed by atoms with E-state index in [0.717, 1.165) is 0 Å². The number of hydrazone groups is 1. The Morgan fingerprint density at radius 2 is 1.53 bits per heavy atom. The molecule has 0 bridgehead atoms. The molecule has 0 saturated carbocycles. The summed E-state index contributed by atoms with van der Waals surface area (Å²) in [5.74, 6) is 0.809. The van der Waals surface area contributed by atoms with Crippen molar-refractivity contribution in [2.24, 2.45) is 5.10 Å². The first-order valence-corrected chi connectivity index (χ1v) is 11.7. The van der Waals surface area contributed by atoms with E-state index in [9.17, 15) is 13.2 Å². The van der Waals surface area contributed by atoms with E-state index >= 15 is 0 Å². The molecule has 0 spiro atoms. The molecule has 0 fully saturated rings. The van der Waals surface area contributed by atoms with E-state index in [1.54, 1.807) is 12.1 Å². The number of anilines is 1. The van der Waals surface area contributed by atoms with E-state index in [1.165, 1.54) is 76.1 Å². The number of methoxy groups -OCH3 is 3. The number of nitrogens with one attached hydrogen (secondary N) is 2. The number of rotatable bonds is 9. The van der Waals surface area contributed by atoms with Crippen molar-refractivity contribution in [2.75, 3.05) is 26.1 Å². The summed E-state index contributed by atoms with van der Waals surface area (Å²) in [6, 6.07) is 15.1. The van der Waals surface area contributed by atoms with Crippen molar-refractivity contribution in [3.63, 3.8) is 0 Å². The van der Waals surface area contributed by atoms with Crippen molar-refractivity contribution in [3.05, 3.63) is 76.8 Å². The molecular formula is C23H22ClN3O6S. The standard InChI is InChI=1S/C23H22ClN3O6S/c1-31-20-13-6-16(21(32-2)22(20)33-3)14-25-26-23(28)15-4-9-18(10-5-15)27-34(29,30)19-11-7-17(24)8-12-19/h4-14,27H,1-3H3,(H,26,28)/b25-14-. The van der Waals surface area contributed by atoms with Crippen LogP contribution in [0.3, 0.4) is 0 Å². The fraction of sp³-hybridized carbons (Fsp3) is 0.130. The lowest BCUT2D eigenvalue weighted by atomic mass is 10.2. The van der Waals surface area contributed by atoms with Gasteiger partial charge < -0.3 is 14.2 Å². The van der Waals surface area contributed by atoms with E-state index in [-0.39, 0.29) is 10.5 Å². The SMILES string of the molecule is COc1ccc(/C=N\NC(=O)c2ccc(NS(=O)(=O)c3ccc(Cl)cc3)cc2)c(OC)c1OC. The summed E-state index contributed by atoms with van der Waals surface area (Å²) in [7, 11) is 0.694. The average Bonchev–Trinajstić information content (AvgIpc) is 2.83. The summed E-state index contributed by atoms with van der Waals surface area (Å²) in [4.78, 5) is 12.5. The molecule has 11 heteroatoms. The van der Waals surface area contributed by atoms with Gasteiger partial charge in [-0.3, -0.25) is 9.52 Å². The van der Waals surface area contributed by atoms with Crippen LogP contribution in [0.5, 0.6) is 17.2 Å². The monoisotopic (exact) mass is 503 g/mol. The van der Waals surface area contributed by atoms with Crippen LogP contribution in [0.1, 0.15) is 15.9 Å². The first-order chi connectivity index (χ1) is 16.3. The third-order valence-electron chi connectivity index (χ3n) is 4.63. The van der Waals surface area contributed by atoms with Crippen molar-refractivity contribution in [3.8, 4) is 17.2 Å². The van der Waals surface area contributed by atoms with Gasteiger partial charge in [0.2, 0.25) is 5.75 Å². The van der Waals surface area contributed by atoms with Crippen molar-refractivity contribution in [1.82, 2.24) is 5.43 Å². The highest BCUT2D eigenvalue weighted by molar-refractivity contribution is 7.92. The van der Waals surface area contributed by atoms with Gasteiger partial charge in [-0.2, -0.15) is 5.10 Å². The molecule has 0 saturated heterocycles. The van der Waals surface area contributed by atoms with Crippen LogP contribution in [0, 0.1) is 0 Å². The second kappa shape index (κ2) is 10.9. The van der Waals surface area contributed by atoms with Gasteiger partial charge in [0, 0.05) is 21.8 Å². The van der Waals surface area contributed by atoms with Crippen LogP contribution in [-0.2, 0) is 10.0 Å². The summed E-state index contributed by atoms with van der Waals surface area (Å²) in [5, 5.41) is 4.39. The number of amides is 1. The molecule has 2 N–H and O–H groups in total. The maximum absolute atomic E-state index is 12.5. The van der Waals surface area contributed by atoms with E-state index < -0.39 is 15.9 Å². The third kappa shape index (κ3) is 5.77. The summed E-state index contributed by atoms with van der Waals surface area (Å²) >= 11 is 5.80. The predicted octanol–water partition coefficient (Wildman–Crippen LogP) is 3.93. The second-order valence-electron chi connectivity index (χ2n) is 6.76. The van der Waals surface area contributed by atoms with E-state index in [2.05, 4.69) is 15.2 Å². The molecule has 0 unspecified atom stereocenters. The van der Waals surface area contributed by atoms with Crippen LogP contribution in [0.15, 0.2) is 70.7 Å². The van der Waals surface area contributed by atoms with E-state index in [0.29, 0.717) is 33.5 Å². The molecule has 0 aliphatic carbocycles. The average molecular weight is 504 g/mol. The third-order valence-corrected chi connectivity index (χ3v) is 6.28. The molecule has 0 aromatic heterocycles. The van der Waals surface area contributed by atoms with Crippen LogP contribution < -0.4 is 24.4 Å². The zero-order valence-corrected chi connectivity index (χ0v) is 20.1. The molecule has 0 radical (unpaired) electrons. The van der Waals surface area contributed by atoms with Crippen LogP contribution in [0.25, 0.3) is 0 Å². The largest absolute Gasteiger partial charge is 0.493 e. The molecule has 0 aliphatic heterocycles. The highest BCUT2D eigenvalue weighted by atomic mass is 35.5. The molecule has 3 aromatic carbocycles. The van der Waals surface area contributed by atoms with Crippen LogP contribution >= 0.6 is 11.6 Å². The molecule has 0 heterocycles. The fourth-order valence-corrected chi connectivity index (χ4v) is 4.15.